The molecule has 1 aromatic heterocycles. The molecule has 4 rings (SSSR count). The Hall–Kier alpha value is -2.87. The van der Waals surface area contributed by atoms with Gasteiger partial charge in [0.25, 0.3) is 5.91 Å². The van der Waals surface area contributed by atoms with Crippen LogP contribution in [0.2, 0.25) is 5.02 Å². The van der Waals surface area contributed by atoms with Crippen LogP contribution in [-0.2, 0) is 9.59 Å². The van der Waals surface area contributed by atoms with Gasteiger partial charge in [0.05, 0.1) is 17.7 Å². The molecule has 176 valence electrons. The molecule has 3 amide bonds. The first kappa shape index (κ1) is 23.3. The Labute approximate surface area is 198 Å². The molecule has 8 nitrogen and oxygen atoms in total. The van der Waals surface area contributed by atoms with Crippen molar-refractivity contribution in [2.45, 2.75) is 45.1 Å². The summed E-state index contributed by atoms with van der Waals surface area (Å²) in [5.74, 6) is -1.04. The molecule has 0 aliphatic carbocycles. The van der Waals surface area contributed by atoms with E-state index in [0.717, 1.165) is 31.2 Å². The second kappa shape index (κ2) is 9.95. The number of carbonyl (C=O) groups excluding carboxylic acids is 3. The van der Waals surface area contributed by atoms with Gasteiger partial charge in [0, 0.05) is 30.2 Å². The number of hydrogen-bond donors (Lipinski definition) is 1. The minimum atomic E-state index is -0.381. The van der Waals surface area contributed by atoms with E-state index in [1.165, 1.54) is 0 Å². The normalized spacial score (nSPS) is 20.2. The first-order valence-corrected chi connectivity index (χ1v) is 12.0. The quantitative estimate of drug-likeness (QED) is 0.597. The monoisotopic (exact) mass is 471 g/mol. The van der Waals surface area contributed by atoms with E-state index in [2.05, 4.69) is 6.92 Å². The zero-order valence-electron chi connectivity index (χ0n) is 18.9. The smallest absolute Gasteiger partial charge is 0.272 e. The van der Waals surface area contributed by atoms with Crippen molar-refractivity contribution in [3.63, 3.8) is 0 Å². The first-order chi connectivity index (χ1) is 15.9. The summed E-state index contributed by atoms with van der Waals surface area (Å²) in [7, 11) is 0. The summed E-state index contributed by atoms with van der Waals surface area (Å²) in [5.41, 5.74) is 7.50. The molecular formula is C24H30ClN5O3. The van der Waals surface area contributed by atoms with Gasteiger partial charge in [-0.3, -0.25) is 19.1 Å². The van der Waals surface area contributed by atoms with Gasteiger partial charge < -0.3 is 15.5 Å². The van der Waals surface area contributed by atoms with Crippen LogP contribution in [0.25, 0.3) is 11.3 Å². The Bertz CT molecular complexity index is 1040. The number of amides is 3. The van der Waals surface area contributed by atoms with Gasteiger partial charge in [-0.2, -0.15) is 5.10 Å². The van der Waals surface area contributed by atoms with Crippen LogP contribution >= 0.6 is 11.6 Å². The van der Waals surface area contributed by atoms with E-state index in [1.807, 2.05) is 16.8 Å². The third-order valence-electron chi connectivity index (χ3n) is 6.57. The molecule has 9 heteroatoms. The van der Waals surface area contributed by atoms with Crippen molar-refractivity contribution < 1.29 is 14.4 Å². The molecule has 2 unspecified atom stereocenters. The van der Waals surface area contributed by atoms with Crippen molar-refractivity contribution in [3.05, 3.63) is 41.0 Å². The third kappa shape index (κ3) is 5.05. The molecule has 1 saturated heterocycles. The van der Waals surface area contributed by atoms with E-state index in [9.17, 15) is 14.4 Å². The molecule has 1 fully saturated rings. The van der Waals surface area contributed by atoms with Gasteiger partial charge in [-0.05, 0) is 31.0 Å². The molecule has 2 N–H and O–H groups in total. The van der Waals surface area contributed by atoms with Gasteiger partial charge in [-0.1, -0.05) is 49.9 Å². The van der Waals surface area contributed by atoms with Crippen LogP contribution < -0.4 is 5.73 Å². The minimum Gasteiger partial charge on any atom is -0.369 e. The van der Waals surface area contributed by atoms with Gasteiger partial charge in [0.15, 0.2) is 0 Å². The maximum atomic E-state index is 13.3. The molecule has 2 aliphatic rings. The van der Waals surface area contributed by atoms with Crippen LogP contribution in [0.1, 0.15) is 55.6 Å². The summed E-state index contributed by atoms with van der Waals surface area (Å²) < 4.78 is 1.84. The second-order valence-electron chi connectivity index (χ2n) is 8.93. The molecule has 0 saturated carbocycles. The van der Waals surface area contributed by atoms with Crippen LogP contribution in [0.3, 0.4) is 0 Å². The van der Waals surface area contributed by atoms with Crippen LogP contribution in [0.15, 0.2) is 30.3 Å². The van der Waals surface area contributed by atoms with Crippen LogP contribution in [0.4, 0.5) is 0 Å². The fourth-order valence-electron chi connectivity index (χ4n) is 4.63. The Morgan fingerprint density at radius 1 is 1.18 bits per heavy atom. The van der Waals surface area contributed by atoms with E-state index in [1.54, 1.807) is 28.0 Å². The van der Waals surface area contributed by atoms with Crippen LogP contribution in [0, 0.1) is 5.92 Å². The Balaban J connectivity index is 1.55. The van der Waals surface area contributed by atoms with Gasteiger partial charge in [-0.15, -0.1) is 0 Å². The number of fused-ring (bicyclic) bond motifs is 1. The molecule has 1 aromatic carbocycles. The van der Waals surface area contributed by atoms with Gasteiger partial charge in [0.2, 0.25) is 11.8 Å². The molecule has 3 heterocycles. The lowest BCUT2D eigenvalue weighted by Crippen LogP contribution is -2.48. The number of aromatic nitrogens is 2. The molecule has 2 atom stereocenters. The predicted molar refractivity (Wildman–Crippen MR) is 126 cm³/mol. The van der Waals surface area contributed by atoms with E-state index in [0.29, 0.717) is 42.5 Å². The fraction of sp³-hybridized carbons (Fsp3) is 0.500. The van der Waals surface area contributed by atoms with Crippen molar-refractivity contribution in [3.8, 4) is 11.3 Å². The average Bonchev–Trinajstić information content (AvgIpc) is 3.46. The molecule has 0 bridgehead atoms. The molecule has 2 aromatic rings. The number of primary amides is 1. The summed E-state index contributed by atoms with van der Waals surface area (Å²) in [6.07, 6.45) is 4.69. The number of rotatable bonds is 8. The van der Waals surface area contributed by atoms with E-state index < -0.39 is 0 Å². The average molecular weight is 472 g/mol. The number of halogens is 1. The summed E-state index contributed by atoms with van der Waals surface area (Å²) >= 11 is 6.02. The van der Waals surface area contributed by atoms with Gasteiger partial charge in [0.1, 0.15) is 12.2 Å². The Kier molecular flexibility index (Phi) is 7.02. The zero-order valence-corrected chi connectivity index (χ0v) is 19.6. The highest BCUT2D eigenvalue weighted by Gasteiger charge is 2.36. The van der Waals surface area contributed by atoms with E-state index >= 15 is 0 Å². The lowest BCUT2D eigenvalue weighted by atomic mass is 10.0. The van der Waals surface area contributed by atoms with Crippen molar-refractivity contribution in [2.75, 3.05) is 26.2 Å². The number of nitrogens with zero attached hydrogens (tertiary/aromatic N) is 4. The Morgan fingerprint density at radius 2 is 1.94 bits per heavy atom. The van der Waals surface area contributed by atoms with Crippen molar-refractivity contribution in [1.29, 1.82) is 0 Å². The lowest BCUT2D eigenvalue weighted by Gasteiger charge is -2.34. The number of unbranched alkanes of at least 4 members (excludes halogenated alkanes) is 2. The molecular weight excluding hydrogens is 442 g/mol. The molecule has 0 radical (unpaired) electrons. The largest absolute Gasteiger partial charge is 0.369 e. The highest BCUT2D eigenvalue weighted by Crippen LogP contribution is 2.30. The van der Waals surface area contributed by atoms with E-state index in [-0.39, 0.29) is 36.2 Å². The summed E-state index contributed by atoms with van der Waals surface area (Å²) in [6, 6.07) is 9.18. The van der Waals surface area contributed by atoms with Crippen molar-refractivity contribution >= 4 is 29.3 Å². The molecule has 0 spiro atoms. The SMILES string of the molecule is CCCCCC1CN(CC(=O)N2CCC(C(N)=O)C2)C(=O)c2cc(-c3ccc(Cl)cc3)nn21. The number of nitrogens with two attached hydrogens (primary N) is 1. The highest BCUT2D eigenvalue weighted by atomic mass is 35.5. The summed E-state index contributed by atoms with van der Waals surface area (Å²) in [4.78, 5) is 40.9. The maximum Gasteiger partial charge on any atom is 0.272 e. The molecule has 33 heavy (non-hydrogen) atoms. The summed E-state index contributed by atoms with van der Waals surface area (Å²) in [5, 5.41) is 5.40. The number of likely N-dealkylation sites (tertiary alicyclic amines) is 1. The lowest BCUT2D eigenvalue weighted by molar-refractivity contribution is -0.131. The van der Waals surface area contributed by atoms with Crippen LogP contribution in [-0.4, -0.2) is 63.5 Å². The van der Waals surface area contributed by atoms with Crippen molar-refractivity contribution in [1.82, 2.24) is 19.6 Å². The maximum absolute atomic E-state index is 13.3. The Morgan fingerprint density at radius 3 is 2.61 bits per heavy atom. The number of benzene rings is 1. The van der Waals surface area contributed by atoms with Crippen LogP contribution in [0.5, 0.6) is 0 Å². The first-order valence-electron chi connectivity index (χ1n) is 11.6. The highest BCUT2D eigenvalue weighted by molar-refractivity contribution is 6.30. The van der Waals surface area contributed by atoms with E-state index in [4.69, 9.17) is 22.4 Å². The zero-order chi connectivity index (χ0) is 23.5. The molecule has 2 aliphatic heterocycles. The predicted octanol–water partition coefficient (Wildman–Crippen LogP) is 3.11. The number of hydrogen-bond acceptors (Lipinski definition) is 4. The third-order valence-corrected chi connectivity index (χ3v) is 6.82. The second-order valence-corrected chi connectivity index (χ2v) is 9.37. The van der Waals surface area contributed by atoms with Crippen molar-refractivity contribution in [2.24, 2.45) is 11.7 Å². The minimum absolute atomic E-state index is 0.00392. The standard InChI is InChI=1S/C24H30ClN5O3/c1-2-3-4-5-19-14-29(15-22(31)28-11-10-17(13-28)23(26)32)24(33)21-12-20(27-30(19)21)16-6-8-18(25)9-7-16/h6-9,12,17,19H,2-5,10-11,13-15H2,1H3,(H2,26,32). The topological polar surface area (TPSA) is 102 Å². The van der Waals surface area contributed by atoms with Gasteiger partial charge >= 0.3 is 0 Å². The van der Waals surface area contributed by atoms with Gasteiger partial charge in [-0.25, -0.2) is 0 Å². The summed E-state index contributed by atoms with van der Waals surface area (Å²) in [6.45, 7) is 3.41. The fourth-order valence-corrected chi connectivity index (χ4v) is 4.76. The number of carbonyl (C=O) groups is 3.